The molecule has 0 aliphatic carbocycles. The first-order valence-electron chi connectivity index (χ1n) is 11.2. The second-order valence-corrected chi connectivity index (χ2v) is 9.04. The Morgan fingerprint density at radius 2 is 1.91 bits per heavy atom. The van der Waals surface area contributed by atoms with E-state index in [4.69, 9.17) is 37.4 Å². The number of ether oxygens (including phenoxy) is 3. The number of hydrogen-bond acceptors (Lipinski definition) is 7. The van der Waals surface area contributed by atoms with Gasteiger partial charge in [-0.2, -0.15) is 10.1 Å². The summed E-state index contributed by atoms with van der Waals surface area (Å²) in [6.45, 7) is 8.05. The van der Waals surface area contributed by atoms with Gasteiger partial charge in [0, 0.05) is 5.70 Å². The summed E-state index contributed by atoms with van der Waals surface area (Å²) in [5, 5.41) is 8.44. The van der Waals surface area contributed by atoms with Crippen molar-refractivity contribution in [2.45, 2.75) is 46.4 Å². The molecule has 1 aliphatic rings. The predicted octanol–water partition coefficient (Wildman–Crippen LogP) is 5.80. The summed E-state index contributed by atoms with van der Waals surface area (Å²) in [5.41, 5.74) is 2.75. The largest absolute Gasteiger partial charge is 0.490 e. The zero-order chi connectivity index (χ0) is 25.1. The molecule has 0 saturated carbocycles. The summed E-state index contributed by atoms with van der Waals surface area (Å²) >= 11 is 12.1. The van der Waals surface area contributed by atoms with Crippen molar-refractivity contribution in [3.63, 3.8) is 0 Å². The van der Waals surface area contributed by atoms with Gasteiger partial charge in [-0.1, -0.05) is 35.3 Å². The van der Waals surface area contributed by atoms with E-state index in [1.807, 2.05) is 52.0 Å². The van der Waals surface area contributed by atoms with E-state index in [0.29, 0.717) is 45.4 Å². The molecule has 184 valence electrons. The standard InChI is InChI=1S/C25H26Cl2N4O4/c1-5-33-21-11-17(7-9-20(21)34-12-16-6-8-18(26)19(27)10-16)23-22(24(32)35-14(2)3)15(4)30-25-28-13-29-31(23)25/h6-11,13-14,23H,5,12H2,1-4H3,(H,28,29,30). The fourth-order valence-electron chi connectivity index (χ4n) is 3.81. The van der Waals surface area contributed by atoms with Crippen LogP contribution in [0.15, 0.2) is 54.0 Å². The van der Waals surface area contributed by atoms with Gasteiger partial charge in [0.1, 0.15) is 19.0 Å². The number of fused-ring (bicyclic) bond motifs is 1. The van der Waals surface area contributed by atoms with Gasteiger partial charge in [-0.05, 0) is 63.1 Å². The van der Waals surface area contributed by atoms with E-state index in [1.165, 1.54) is 6.33 Å². The minimum Gasteiger partial charge on any atom is -0.490 e. The van der Waals surface area contributed by atoms with Crippen molar-refractivity contribution in [1.29, 1.82) is 0 Å². The normalized spacial score (nSPS) is 15.0. The minimum atomic E-state index is -0.552. The second kappa shape index (κ2) is 10.6. The molecule has 10 heteroatoms. The molecule has 0 saturated heterocycles. The first-order chi connectivity index (χ1) is 16.8. The van der Waals surface area contributed by atoms with Crippen LogP contribution < -0.4 is 14.8 Å². The summed E-state index contributed by atoms with van der Waals surface area (Å²) in [6, 6.07) is 10.3. The molecule has 0 amide bonds. The van der Waals surface area contributed by atoms with E-state index in [-0.39, 0.29) is 12.7 Å². The predicted molar refractivity (Wildman–Crippen MR) is 134 cm³/mol. The van der Waals surface area contributed by atoms with E-state index < -0.39 is 12.0 Å². The molecule has 1 atom stereocenters. The first kappa shape index (κ1) is 24.9. The van der Waals surface area contributed by atoms with Crippen LogP contribution in [0.4, 0.5) is 5.95 Å². The van der Waals surface area contributed by atoms with Crippen LogP contribution in [-0.4, -0.2) is 33.4 Å². The smallest absolute Gasteiger partial charge is 0.338 e. The lowest BCUT2D eigenvalue weighted by atomic mass is 9.95. The Morgan fingerprint density at radius 1 is 1.11 bits per heavy atom. The molecule has 1 aliphatic heterocycles. The van der Waals surface area contributed by atoms with Crippen molar-refractivity contribution in [3.05, 3.63) is 75.2 Å². The fourth-order valence-corrected chi connectivity index (χ4v) is 4.13. The zero-order valence-corrected chi connectivity index (χ0v) is 21.4. The molecule has 3 aromatic rings. The fraction of sp³-hybridized carbons (Fsp3) is 0.320. The highest BCUT2D eigenvalue weighted by Crippen LogP contribution is 2.39. The molecule has 0 radical (unpaired) electrons. The third-order valence-electron chi connectivity index (χ3n) is 5.32. The summed E-state index contributed by atoms with van der Waals surface area (Å²) in [4.78, 5) is 17.3. The molecule has 0 fully saturated rings. The molecule has 1 unspecified atom stereocenters. The minimum absolute atomic E-state index is 0.267. The number of allylic oxidation sites excluding steroid dienone is 1. The molecule has 0 bridgehead atoms. The average molecular weight is 517 g/mol. The maximum absolute atomic E-state index is 13.1. The van der Waals surface area contributed by atoms with E-state index in [0.717, 1.165) is 11.1 Å². The summed E-state index contributed by atoms with van der Waals surface area (Å²) in [7, 11) is 0. The first-order valence-corrected chi connectivity index (χ1v) is 12.0. The van der Waals surface area contributed by atoms with Crippen LogP contribution in [0.3, 0.4) is 0 Å². The van der Waals surface area contributed by atoms with Gasteiger partial charge in [0.05, 0.1) is 28.3 Å². The van der Waals surface area contributed by atoms with E-state index in [2.05, 4.69) is 15.4 Å². The molecule has 1 N–H and O–H groups in total. The maximum Gasteiger partial charge on any atom is 0.338 e. The number of hydrogen-bond donors (Lipinski definition) is 1. The van der Waals surface area contributed by atoms with E-state index >= 15 is 0 Å². The third-order valence-corrected chi connectivity index (χ3v) is 6.06. The van der Waals surface area contributed by atoms with Crippen molar-refractivity contribution in [3.8, 4) is 11.5 Å². The van der Waals surface area contributed by atoms with Gasteiger partial charge in [-0.3, -0.25) is 0 Å². The van der Waals surface area contributed by atoms with Crippen molar-refractivity contribution in [2.75, 3.05) is 11.9 Å². The quantitative estimate of drug-likeness (QED) is 0.378. The number of nitrogens with one attached hydrogen (secondary N) is 1. The highest BCUT2D eigenvalue weighted by molar-refractivity contribution is 6.42. The molecule has 35 heavy (non-hydrogen) atoms. The Bertz CT molecular complexity index is 1270. The number of carbonyl (C=O) groups excluding carboxylic acids is 1. The van der Waals surface area contributed by atoms with Crippen molar-refractivity contribution in [1.82, 2.24) is 14.8 Å². The maximum atomic E-state index is 13.1. The van der Waals surface area contributed by atoms with Crippen LogP contribution in [0.2, 0.25) is 10.0 Å². The van der Waals surface area contributed by atoms with Crippen LogP contribution in [0.25, 0.3) is 0 Å². The highest BCUT2D eigenvalue weighted by atomic mass is 35.5. The monoisotopic (exact) mass is 516 g/mol. The van der Waals surface area contributed by atoms with Crippen LogP contribution in [0, 0.1) is 0 Å². The molecule has 2 heterocycles. The number of nitrogens with zero attached hydrogens (tertiary/aromatic N) is 3. The summed E-state index contributed by atoms with van der Waals surface area (Å²) in [6.07, 6.45) is 1.18. The third kappa shape index (κ3) is 5.39. The van der Waals surface area contributed by atoms with Crippen molar-refractivity contribution < 1.29 is 19.0 Å². The highest BCUT2D eigenvalue weighted by Gasteiger charge is 2.35. The lowest BCUT2D eigenvalue weighted by Gasteiger charge is -2.29. The lowest BCUT2D eigenvalue weighted by Crippen LogP contribution is -2.30. The van der Waals surface area contributed by atoms with Crippen LogP contribution in [0.5, 0.6) is 11.5 Å². The zero-order valence-electron chi connectivity index (χ0n) is 19.8. The lowest BCUT2D eigenvalue weighted by molar-refractivity contribution is -0.143. The molecule has 8 nitrogen and oxygen atoms in total. The molecule has 1 aromatic heterocycles. The number of anilines is 1. The molecule has 0 spiro atoms. The Morgan fingerprint density at radius 3 is 2.63 bits per heavy atom. The Hall–Kier alpha value is -3.23. The van der Waals surface area contributed by atoms with E-state index in [1.54, 1.807) is 16.8 Å². The topological polar surface area (TPSA) is 87.5 Å². The Balaban J connectivity index is 1.69. The Kier molecular flexibility index (Phi) is 7.52. The molecular weight excluding hydrogens is 491 g/mol. The van der Waals surface area contributed by atoms with E-state index in [9.17, 15) is 4.79 Å². The van der Waals surface area contributed by atoms with Crippen LogP contribution in [-0.2, 0) is 16.1 Å². The number of aromatic nitrogens is 3. The van der Waals surface area contributed by atoms with Gasteiger partial charge in [-0.15, -0.1) is 0 Å². The summed E-state index contributed by atoms with van der Waals surface area (Å²) in [5.74, 6) is 1.21. The number of esters is 1. The SMILES string of the molecule is CCOc1cc(C2C(C(=O)OC(C)C)=C(C)Nc3ncnn32)ccc1OCc1ccc(Cl)c(Cl)c1. The van der Waals surface area contributed by atoms with Gasteiger partial charge in [0.25, 0.3) is 0 Å². The van der Waals surface area contributed by atoms with Crippen LogP contribution >= 0.6 is 23.2 Å². The number of carbonyl (C=O) groups is 1. The molecule has 4 rings (SSSR count). The Labute approximate surface area is 213 Å². The van der Waals surface area contributed by atoms with Crippen LogP contribution in [0.1, 0.15) is 44.9 Å². The van der Waals surface area contributed by atoms with Gasteiger partial charge in [0.2, 0.25) is 5.95 Å². The second-order valence-electron chi connectivity index (χ2n) is 8.22. The van der Waals surface area contributed by atoms with Crippen molar-refractivity contribution >= 4 is 35.1 Å². The number of benzene rings is 2. The summed E-state index contributed by atoms with van der Waals surface area (Å²) < 4.78 is 19.1. The molecular formula is C25H26Cl2N4O4. The number of rotatable bonds is 8. The van der Waals surface area contributed by atoms with Gasteiger partial charge >= 0.3 is 5.97 Å². The number of halogens is 2. The van der Waals surface area contributed by atoms with Gasteiger partial charge < -0.3 is 19.5 Å². The average Bonchev–Trinajstić information content (AvgIpc) is 3.27. The van der Waals surface area contributed by atoms with Gasteiger partial charge in [-0.25, -0.2) is 9.48 Å². The molecule has 2 aromatic carbocycles. The van der Waals surface area contributed by atoms with Crippen molar-refractivity contribution in [2.24, 2.45) is 0 Å². The van der Waals surface area contributed by atoms with Gasteiger partial charge in [0.15, 0.2) is 11.5 Å².